The standard InChI is InChI=1S/C27H27BrClN3O4/c1-3-35-24-15-19(14-21(28)27(24)36-17-20-9-5-6-10-22(20)29)16-30-32-26(34)13-12-25(33)31-23-11-7-4-8-18(23)2/h4-11,14-16H,3,12-13,17H2,1-2H3,(H,31,33)(H,32,34). The van der Waals surface area contributed by atoms with Crippen molar-refractivity contribution in [2.45, 2.75) is 33.3 Å². The molecule has 9 heteroatoms. The summed E-state index contributed by atoms with van der Waals surface area (Å²) in [6.07, 6.45) is 1.56. The molecule has 0 aromatic heterocycles. The number of aryl methyl sites for hydroxylation is 1. The Morgan fingerprint density at radius 3 is 2.50 bits per heavy atom. The molecular formula is C27H27BrClN3O4. The molecule has 0 radical (unpaired) electrons. The van der Waals surface area contributed by atoms with Gasteiger partial charge in [-0.3, -0.25) is 9.59 Å². The Kier molecular flexibility index (Phi) is 10.3. The van der Waals surface area contributed by atoms with Crippen molar-refractivity contribution in [3.8, 4) is 11.5 Å². The van der Waals surface area contributed by atoms with Gasteiger partial charge in [-0.15, -0.1) is 0 Å². The minimum atomic E-state index is -0.366. The van der Waals surface area contributed by atoms with E-state index < -0.39 is 0 Å². The maximum atomic E-state index is 12.1. The van der Waals surface area contributed by atoms with Crippen LogP contribution in [0.1, 0.15) is 36.5 Å². The van der Waals surface area contributed by atoms with Crippen molar-refractivity contribution in [1.82, 2.24) is 5.43 Å². The number of ether oxygens (including phenoxy) is 2. The number of nitrogens with zero attached hydrogens (tertiary/aromatic N) is 1. The van der Waals surface area contributed by atoms with Gasteiger partial charge in [-0.1, -0.05) is 48.0 Å². The number of nitrogens with one attached hydrogen (secondary N) is 2. The summed E-state index contributed by atoms with van der Waals surface area (Å²) in [5, 5.41) is 7.43. The minimum Gasteiger partial charge on any atom is -0.490 e. The van der Waals surface area contributed by atoms with Gasteiger partial charge in [-0.05, 0) is 65.2 Å². The van der Waals surface area contributed by atoms with Crippen LogP contribution in [0.3, 0.4) is 0 Å². The molecular weight excluding hydrogens is 546 g/mol. The highest BCUT2D eigenvalue weighted by Crippen LogP contribution is 2.37. The monoisotopic (exact) mass is 571 g/mol. The molecule has 3 aromatic carbocycles. The number of para-hydroxylation sites is 1. The van der Waals surface area contributed by atoms with Crippen LogP contribution in [0.5, 0.6) is 11.5 Å². The number of benzene rings is 3. The zero-order valence-electron chi connectivity index (χ0n) is 20.0. The molecule has 0 aliphatic rings. The predicted molar refractivity (Wildman–Crippen MR) is 146 cm³/mol. The molecule has 0 aliphatic heterocycles. The highest BCUT2D eigenvalue weighted by atomic mass is 79.9. The molecule has 188 valence electrons. The maximum absolute atomic E-state index is 12.1. The molecule has 36 heavy (non-hydrogen) atoms. The fraction of sp³-hybridized carbons (Fsp3) is 0.222. The van der Waals surface area contributed by atoms with Gasteiger partial charge in [0.15, 0.2) is 11.5 Å². The summed E-state index contributed by atoms with van der Waals surface area (Å²) in [6, 6.07) is 18.5. The van der Waals surface area contributed by atoms with E-state index >= 15 is 0 Å². The average Bonchev–Trinajstić information content (AvgIpc) is 2.85. The van der Waals surface area contributed by atoms with Crippen molar-refractivity contribution in [2.24, 2.45) is 5.10 Å². The van der Waals surface area contributed by atoms with Crippen LogP contribution < -0.4 is 20.2 Å². The molecule has 0 heterocycles. The third-order valence-electron chi connectivity index (χ3n) is 5.06. The van der Waals surface area contributed by atoms with E-state index in [1.165, 1.54) is 6.21 Å². The second-order valence-electron chi connectivity index (χ2n) is 7.80. The summed E-state index contributed by atoms with van der Waals surface area (Å²) in [7, 11) is 0. The Morgan fingerprint density at radius 2 is 1.75 bits per heavy atom. The highest BCUT2D eigenvalue weighted by molar-refractivity contribution is 9.10. The van der Waals surface area contributed by atoms with Gasteiger partial charge in [-0.25, -0.2) is 5.43 Å². The molecule has 0 aliphatic carbocycles. The van der Waals surface area contributed by atoms with Gasteiger partial charge in [-0.2, -0.15) is 5.10 Å². The highest BCUT2D eigenvalue weighted by Gasteiger charge is 2.13. The third-order valence-corrected chi connectivity index (χ3v) is 6.02. The SMILES string of the molecule is CCOc1cc(C=NNC(=O)CCC(=O)Nc2ccccc2C)cc(Br)c1OCc1ccccc1Cl. The van der Waals surface area contributed by atoms with E-state index in [4.69, 9.17) is 21.1 Å². The number of anilines is 1. The second kappa shape index (κ2) is 13.7. The second-order valence-corrected chi connectivity index (χ2v) is 9.06. The van der Waals surface area contributed by atoms with E-state index in [9.17, 15) is 9.59 Å². The summed E-state index contributed by atoms with van der Waals surface area (Å²) >= 11 is 9.75. The molecule has 0 atom stereocenters. The lowest BCUT2D eigenvalue weighted by Gasteiger charge is -2.15. The van der Waals surface area contributed by atoms with Crippen LogP contribution in [0.4, 0.5) is 5.69 Å². The van der Waals surface area contributed by atoms with Crippen LogP contribution in [-0.2, 0) is 16.2 Å². The Labute approximate surface area is 224 Å². The first kappa shape index (κ1) is 27.2. The van der Waals surface area contributed by atoms with Gasteiger partial charge in [0, 0.05) is 29.1 Å². The number of halogens is 2. The first-order valence-corrected chi connectivity index (χ1v) is 12.5. The molecule has 2 N–H and O–H groups in total. The van der Waals surface area contributed by atoms with E-state index in [0.29, 0.717) is 33.2 Å². The predicted octanol–water partition coefficient (Wildman–Crippen LogP) is 6.26. The van der Waals surface area contributed by atoms with E-state index in [2.05, 4.69) is 31.8 Å². The molecule has 0 unspecified atom stereocenters. The van der Waals surface area contributed by atoms with Gasteiger partial charge in [0.1, 0.15) is 6.61 Å². The first-order chi connectivity index (χ1) is 17.4. The summed E-state index contributed by atoms with van der Waals surface area (Å²) in [4.78, 5) is 24.3. The smallest absolute Gasteiger partial charge is 0.240 e. The van der Waals surface area contributed by atoms with Crippen LogP contribution in [0.2, 0.25) is 5.02 Å². The van der Waals surface area contributed by atoms with Gasteiger partial charge >= 0.3 is 0 Å². The third kappa shape index (κ3) is 8.10. The number of carbonyl (C=O) groups is 2. The minimum absolute atomic E-state index is 0.0117. The Hall–Kier alpha value is -3.36. The number of carbonyl (C=O) groups excluding carboxylic acids is 2. The summed E-state index contributed by atoms with van der Waals surface area (Å²) in [6.45, 7) is 4.50. The fourth-order valence-electron chi connectivity index (χ4n) is 3.22. The molecule has 0 saturated heterocycles. The number of hydrogen-bond acceptors (Lipinski definition) is 5. The van der Waals surface area contributed by atoms with E-state index in [-0.39, 0.29) is 31.3 Å². The van der Waals surface area contributed by atoms with Gasteiger partial charge < -0.3 is 14.8 Å². The number of hydrogen-bond donors (Lipinski definition) is 2. The Bertz CT molecular complexity index is 1250. The van der Waals surface area contributed by atoms with Crippen molar-refractivity contribution in [3.63, 3.8) is 0 Å². The lowest BCUT2D eigenvalue weighted by atomic mass is 10.2. The molecule has 0 fully saturated rings. The fourth-order valence-corrected chi connectivity index (χ4v) is 3.98. The van der Waals surface area contributed by atoms with Crippen LogP contribution >= 0.6 is 27.5 Å². The van der Waals surface area contributed by atoms with Crippen molar-refractivity contribution in [3.05, 3.63) is 86.8 Å². The molecule has 2 amide bonds. The van der Waals surface area contributed by atoms with Gasteiger partial charge in [0.2, 0.25) is 11.8 Å². The number of rotatable bonds is 11. The lowest BCUT2D eigenvalue weighted by Crippen LogP contribution is -2.20. The van der Waals surface area contributed by atoms with Crippen LogP contribution in [0.15, 0.2) is 70.2 Å². The normalized spacial score (nSPS) is 10.8. The van der Waals surface area contributed by atoms with E-state index in [0.717, 1.165) is 16.8 Å². The largest absolute Gasteiger partial charge is 0.490 e. The lowest BCUT2D eigenvalue weighted by molar-refractivity contribution is -0.124. The molecule has 3 aromatic rings. The number of amides is 2. The first-order valence-electron chi connectivity index (χ1n) is 11.4. The van der Waals surface area contributed by atoms with Crippen LogP contribution in [0, 0.1) is 6.92 Å². The van der Waals surface area contributed by atoms with Gasteiger partial charge in [0.25, 0.3) is 0 Å². The Balaban J connectivity index is 1.56. The topological polar surface area (TPSA) is 89.0 Å². The molecule has 0 saturated carbocycles. The van der Waals surface area contributed by atoms with Crippen molar-refractivity contribution >= 4 is 51.2 Å². The van der Waals surface area contributed by atoms with Gasteiger partial charge in [0.05, 0.1) is 17.3 Å². The number of hydrazone groups is 1. The summed E-state index contributed by atoms with van der Waals surface area (Å²) in [5.74, 6) is 0.466. The zero-order chi connectivity index (χ0) is 25.9. The molecule has 3 rings (SSSR count). The van der Waals surface area contributed by atoms with Crippen LogP contribution in [0.25, 0.3) is 0 Å². The van der Waals surface area contributed by atoms with E-state index in [1.54, 1.807) is 12.1 Å². The maximum Gasteiger partial charge on any atom is 0.240 e. The quantitative estimate of drug-likeness (QED) is 0.210. The van der Waals surface area contributed by atoms with Crippen molar-refractivity contribution in [2.75, 3.05) is 11.9 Å². The summed E-state index contributed by atoms with van der Waals surface area (Å²) in [5.41, 5.74) is 5.68. The van der Waals surface area contributed by atoms with E-state index in [1.807, 2.05) is 62.4 Å². The Morgan fingerprint density at radius 1 is 1.03 bits per heavy atom. The average molecular weight is 573 g/mol. The zero-order valence-corrected chi connectivity index (χ0v) is 22.4. The van der Waals surface area contributed by atoms with Crippen molar-refractivity contribution < 1.29 is 19.1 Å². The van der Waals surface area contributed by atoms with Crippen molar-refractivity contribution in [1.29, 1.82) is 0 Å². The summed E-state index contributed by atoms with van der Waals surface area (Å²) < 4.78 is 12.4. The van der Waals surface area contributed by atoms with Crippen LogP contribution in [-0.4, -0.2) is 24.6 Å². The molecule has 0 bridgehead atoms. The molecule has 0 spiro atoms. The molecule has 7 nitrogen and oxygen atoms in total.